The topological polar surface area (TPSA) is 105 Å². The average molecular weight is 170 g/mol. The first-order chi connectivity index (χ1) is 5.25. The second-order valence-corrected chi connectivity index (χ2v) is 1.96. The van der Waals surface area contributed by atoms with Gasteiger partial charge in [-0.3, -0.25) is 10.0 Å². The Balaban J connectivity index is 0.00000121. The second kappa shape index (κ2) is 4.32. The van der Waals surface area contributed by atoms with Crippen LogP contribution in [0.3, 0.4) is 0 Å². The molecule has 1 rings (SSSR count). The fourth-order valence-corrected chi connectivity index (χ4v) is 0.726. The van der Waals surface area contributed by atoms with Gasteiger partial charge in [0.25, 0.3) is 5.91 Å². The third kappa shape index (κ3) is 1.94. The number of hydroxylamine groups is 1. The lowest BCUT2D eigenvalue weighted by Crippen LogP contribution is -2.18. The molecule has 66 valence electrons. The van der Waals surface area contributed by atoms with Crippen molar-refractivity contribution >= 4 is 5.91 Å². The van der Waals surface area contributed by atoms with Gasteiger partial charge in [0.15, 0.2) is 0 Å². The van der Waals surface area contributed by atoms with Gasteiger partial charge in [-0.2, -0.15) is 0 Å². The zero-order valence-electron chi connectivity index (χ0n) is 6.32. The Morgan fingerprint density at radius 1 is 1.33 bits per heavy atom. The Morgan fingerprint density at radius 2 is 1.92 bits per heavy atom. The van der Waals surface area contributed by atoms with Crippen LogP contribution in [0.1, 0.15) is 10.4 Å². The van der Waals surface area contributed by atoms with E-state index in [1.165, 1.54) is 17.6 Å². The largest absolute Gasteiger partial charge is 0.507 e. The van der Waals surface area contributed by atoms with Gasteiger partial charge in [-0.05, 0) is 12.1 Å². The third-order valence-electron chi connectivity index (χ3n) is 1.25. The predicted octanol–water partition coefficient (Wildman–Crippen LogP) is 0.673. The number of aromatic hydroxyl groups is 1. The molecule has 12 heavy (non-hydrogen) atoms. The van der Waals surface area contributed by atoms with Gasteiger partial charge in [0.05, 0.1) is 5.56 Å². The van der Waals surface area contributed by atoms with Crippen molar-refractivity contribution in [2.24, 2.45) is 0 Å². The highest BCUT2D eigenvalue weighted by molar-refractivity contribution is 5.95. The van der Waals surface area contributed by atoms with Gasteiger partial charge < -0.3 is 11.3 Å². The molecule has 0 spiro atoms. The van der Waals surface area contributed by atoms with Gasteiger partial charge in [0.1, 0.15) is 5.75 Å². The predicted molar refractivity (Wildman–Crippen MR) is 42.4 cm³/mol. The van der Waals surface area contributed by atoms with E-state index in [0.29, 0.717) is 0 Å². The molecular formula is C7H10N2O3. The van der Waals surface area contributed by atoms with Crippen LogP contribution in [0, 0.1) is 0 Å². The van der Waals surface area contributed by atoms with Gasteiger partial charge in [-0.15, -0.1) is 0 Å². The van der Waals surface area contributed by atoms with Crippen LogP contribution < -0.4 is 11.6 Å². The van der Waals surface area contributed by atoms with Crippen LogP contribution in [-0.2, 0) is 0 Å². The molecule has 0 atom stereocenters. The molecule has 0 aliphatic carbocycles. The normalized spacial score (nSPS) is 8.42. The Kier molecular flexibility index (Phi) is 3.75. The van der Waals surface area contributed by atoms with E-state index < -0.39 is 5.91 Å². The number of hydrogen-bond acceptors (Lipinski definition) is 4. The molecule has 5 heteroatoms. The average Bonchev–Trinajstić information content (AvgIpc) is 2.04. The number of phenols is 1. The van der Waals surface area contributed by atoms with E-state index in [1.807, 2.05) is 0 Å². The van der Waals surface area contributed by atoms with Crippen molar-refractivity contribution in [2.45, 2.75) is 0 Å². The van der Waals surface area contributed by atoms with Crippen molar-refractivity contribution in [1.29, 1.82) is 0 Å². The lowest BCUT2D eigenvalue weighted by molar-refractivity contribution is 0.0703. The molecule has 5 nitrogen and oxygen atoms in total. The number of carbonyl (C=O) groups excluding carboxylic acids is 1. The molecule has 0 fully saturated rings. The summed E-state index contributed by atoms with van der Waals surface area (Å²) in [6.07, 6.45) is 0. The van der Waals surface area contributed by atoms with Crippen molar-refractivity contribution in [3.05, 3.63) is 29.8 Å². The quantitative estimate of drug-likeness (QED) is 0.367. The highest BCUT2D eigenvalue weighted by atomic mass is 16.5. The number of phenolic OH excluding ortho intramolecular Hbond substituents is 1. The minimum absolute atomic E-state index is 0. The Labute approximate surface area is 69.2 Å². The maximum absolute atomic E-state index is 10.7. The van der Waals surface area contributed by atoms with Crippen LogP contribution in [0.25, 0.3) is 0 Å². The number of hydrogen-bond donors (Lipinski definition) is 4. The minimum Gasteiger partial charge on any atom is -0.507 e. The highest BCUT2D eigenvalue weighted by Crippen LogP contribution is 2.14. The zero-order valence-corrected chi connectivity index (χ0v) is 6.32. The summed E-state index contributed by atoms with van der Waals surface area (Å²) in [4.78, 5) is 10.7. The first-order valence-electron chi connectivity index (χ1n) is 2.98. The molecule has 0 aliphatic heterocycles. The minimum atomic E-state index is -0.719. The number of rotatable bonds is 1. The maximum atomic E-state index is 10.7. The maximum Gasteiger partial charge on any atom is 0.278 e. The lowest BCUT2D eigenvalue weighted by Gasteiger charge is -1.99. The van der Waals surface area contributed by atoms with E-state index in [4.69, 9.17) is 10.3 Å². The molecule has 1 aromatic rings. The summed E-state index contributed by atoms with van der Waals surface area (Å²) < 4.78 is 0. The van der Waals surface area contributed by atoms with E-state index in [1.54, 1.807) is 12.1 Å². The summed E-state index contributed by atoms with van der Waals surface area (Å²) in [6.45, 7) is 0. The van der Waals surface area contributed by atoms with Crippen molar-refractivity contribution in [1.82, 2.24) is 11.6 Å². The van der Waals surface area contributed by atoms with E-state index in [9.17, 15) is 4.79 Å². The standard InChI is InChI=1S/C7H7NO3.H3N/c9-6-4-2-1-3-5(6)7(10)8-11;/h1-4,9,11H,(H,8,10);1H3. The number of amides is 1. The van der Waals surface area contributed by atoms with Crippen LogP contribution in [0.4, 0.5) is 0 Å². The smallest absolute Gasteiger partial charge is 0.278 e. The van der Waals surface area contributed by atoms with Crippen molar-refractivity contribution in [2.75, 3.05) is 0 Å². The first kappa shape index (κ1) is 10.4. The summed E-state index contributed by atoms with van der Waals surface area (Å²) in [5.41, 5.74) is 1.47. The molecule has 0 heterocycles. The number of benzene rings is 1. The molecule has 0 aliphatic rings. The van der Waals surface area contributed by atoms with E-state index in [0.717, 1.165) is 0 Å². The van der Waals surface area contributed by atoms with Crippen LogP contribution in [0.5, 0.6) is 5.75 Å². The number of nitrogens with one attached hydrogen (secondary N) is 1. The summed E-state index contributed by atoms with van der Waals surface area (Å²) in [7, 11) is 0. The zero-order chi connectivity index (χ0) is 8.27. The summed E-state index contributed by atoms with van der Waals surface area (Å²) in [6, 6.07) is 5.94. The molecule has 0 saturated heterocycles. The molecule has 0 saturated carbocycles. The number of para-hydroxylation sites is 1. The molecule has 0 aromatic heterocycles. The SMILES string of the molecule is N.O=C(NO)c1ccccc1O. The Hall–Kier alpha value is -1.59. The molecule has 6 N–H and O–H groups in total. The Morgan fingerprint density at radius 3 is 2.42 bits per heavy atom. The highest BCUT2D eigenvalue weighted by Gasteiger charge is 2.07. The Bertz CT molecular complexity index is 275. The van der Waals surface area contributed by atoms with E-state index in [-0.39, 0.29) is 17.5 Å². The van der Waals surface area contributed by atoms with Gasteiger partial charge in [0.2, 0.25) is 0 Å². The fraction of sp³-hybridized carbons (Fsp3) is 0. The van der Waals surface area contributed by atoms with Crippen molar-refractivity contribution < 1.29 is 15.1 Å². The van der Waals surface area contributed by atoms with Gasteiger partial charge in [-0.25, -0.2) is 5.48 Å². The van der Waals surface area contributed by atoms with Crippen molar-refractivity contribution in [3.63, 3.8) is 0 Å². The van der Waals surface area contributed by atoms with Crippen LogP contribution in [0.2, 0.25) is 0 Å². The van der Waals surface area contributed by atoms with Gasteiger partial charge >= 0.3 is 0 Å². The van der Waals surface area contributed by atoms with Crippen LogP contribution in [-0.4, -0.2) is 16.2 Å². The number of carbonyl (C=O) groups is 1. The van der Waals surface area contributed by atoms with Crippen LogP contribution >= 0.6 is 0 Å². The van der Waals surface area contributed by atoms with Gasteiger partial charge in [-0.1, -0.05) is 12.1 Å². The summed E-state index contributed by atoms with van der Waals surface area (Å²) in [5, 5.41) is 17.2. The van der Waals surface area contributed by atoms with Crippen LogP contribution in [0.15, 0.2) is 24.3 Å². The molecule has 0 unspecified atom stereocenters. The molecule has 0 radical (unpaired) electrons. The molecule has 1 aromatic carbocycles. The monoisotopic (exact) mass is 170 g/mol. The third-order valence-corrected chi connectivity index (χ3v) is 1.25. The summed E-state index contributed by atoms with van der Waals surface area (Å²) in [5.74, 6) is -0.873. The first-order valence-corrected chi connectivity index (χ1v) is 2.98. The van der Waals surface area contributed by atoms with E-state index in [2.05, 4.69) is 0 Å². The fourth-order valence-electron chi connectivity index (χ4n) is 0.726. The second-order valence-electron chi connectivity index (χ2n) is 1.96. The van der Waals surface area contributed by atoms with Gasteiger partial charge in [0, 0.05) is 0 Å². The molecule has 0 bridgehead atoms. The molecular weight excluding hydrogens is 160 g/mol. The van der Waals surface area contributed by atoms with E-state index >= 15 is 0 Å². The summed E-state index contributed by atoms with van der Waals surface area (Å²) >= 11 is 0. The molecule has 1 amide bonds. The lowest BCUT2D eigenvalue weighted by atomic mass is 10.2. The van der Waals surface area contributed by atoms with Crippen molar-refractivity contribution in [3.8, 4) is 5.75 Å².